The Hall–Kier alpha value is -3.15. The van der Waals surface area contributed by atoms with Gasteiger partial charge in [-0.25, -0.2) is 4.79 Å². The number of benzene rings is 2. The Bertz CT molecular complexity index is 752. The minimum atomic E-state index is -1.04. The summed E-state index contributed by atoms with van der Waals surface area (Å²) in [6.07, 6.45) is -1.04. The molecule has 3 rings (SSSR count). The quantitative estimate of drug-likeness (QED) is 0.838. The average molecular weight is 352 g/mol. The largest absolute Gasteiger partial charge is 0.452 e. The third-order valence-electron chi connectivity index (χ3n) is 4.27. The molecule has 0 aromatic heterocycles. The summed E-state index contributed by atoms with van der Waals surface area (Å²) in [6, 6.07) is 18.1. The van der Waals surface area contributed by atoms with Gasteiger partial charge in [0.1, 0.15) is 5.92 Å². The van der Waals surface area contributed by atoms with Gasteiger partial charge >= 0.3 is 12.0 Å². The van der Waals surface area contributed by atoms with Crippen LogP contribution >= 0.6 is 0 Å². The van der Waals surface area contributed by atoms with Crippen molar-refractivity contribution < 1.29 is 19.1 Å². The zero-order chi connectivity index (χ0) is 18.5. The van der Waals surface area contributed by atoms with E-state index in [9.17, 15) is 14.4 Å². The van der Waals surface area contributed by atoms with Crippen LogP contribution in [0.15, 0.2) is 60.7 Å². The summed E-state index contributed by atoms with van der Waals surface area (Å²) < 4.78 is 5.43. The molecule has 1 fully saturated rings. The summed E-state index contributed by atoms with van der Waals surface area (Å²) in [7, 11) is 0. The molecule has 2 aromatic rings. The van der Waals surface area contributed by atoms with Crippen LogP contribution in [0.1, 0.15) is 24.0 Å². The second-order valence-electron chi connectivity index (χ2n) is 6.06. The van der Waals surface area contributed by atoms with E-state index in [0.29, 0.717) is 6.54 Å². The van der Waals surface area contributed by atoms with Gasteiger partial charge in [-0.05, 0) is 18.1 Å². The zero-order valence-corrected chi connectivity index (χ0v) is 14.4. The predicted molar refractivity (Wildman–Crippen MR) is 95.4 cm³/mol. The maximum atomic E-state index is 12.9. The number of carbonyl (C=O) groups excluding carboxylic acids is 3. The van der Waals surface area contributed by atoms with Gasteiger partial charge in [-0.15, -0.1) is 0 Å². The van der Waals surface area contributed by atoms with Crippen LogP contribution < -0.4 is 5.32 Å². The maximum absolute atomic E-state index is 12.9. The van der Waals surface area contributed by atoms with Gasteiger partial charge in [-0.1, -0.05) is 60.7 Å². The molecule has 0 bridgehead atoms. The number of hydrogen-bond donors (Lipinski definition) is 1. The van der Waals surface area contributed by atoms with Gasteiger partial charge in [0, 0.05) is 13.1 Å². The zero-order valence-electron chi connectivity index (χ0n) is 14.4. The minimum Gasteiger partial charge on any atom is -0.452 e. The van der Waals surface area contributed by atoms with Crippen LogP contribution in [0, 0.1) is 0 Å². The maximum Gasteiger partial charge on any atom is 0.324 e. The van der Waals surface area contributed by atoms with E-state index < -0.39 is 29.9 Å². The van der Waals surface area contributed by atoms with Crippen molar-refractivity contribution in [2.75, 3.05) is 13.1 Å². The first-order chi connectivity index (χ1) is 12.6. The van der Waals surface area contributed by atoms with E-state index in [1.165, 1.54) is 6.92 Å². The van der Waals surface area contributed by atoms with E-state index in [4.69, 9.17) is 4.74 Å². The van der Waals surface area contributed by atoms with Crippen molar-refractivity contribution >= 4 is 17.9 Å². The lowest BCUT2D eigenvalue weighted by Gasteiger charge is -2.22. The fraction of sp³-hybridized carbons (Fsp3) is 0.250. The molecular formula is C20H20N2O4. The van der Waals surface area contributed by atoms with Crippen molar-refractivity contribution in [1.82, 2.24) is 10.2 Å². The van der Waals surface area contributed by atoms with E-state index in [0.717, 1.165) is 16.0 Å². The molecule has 1 atom stereocenters. The molecular weight excluding hydrogens is 332 g/mol. The molecule has 1 N–H and O–H groups in total. The first-order valence-corrected chi connectivity index (χ1v) is 8.47. The van der Waals surface area contributed by atoms with Crippen LogP contribution in [-0.2, 0) is 14.3 Å². The van der Waals surface area contributed by atoms with Crippen LogP contribution in [0.2, 0.25) is 0 Å². The summed E-state index contributed by atoms with van der Waals surface area (Å²) in [4.78, 5) is 37.9. The van der Waals surface area contributed by atoms with Crippen LogP contribution in [0.3, 0.4) is 0 Å². The molecule has 1 aliphatic heterocycles. The van der Waals surface area contributed by atoms with Gasteiger partial charge in [-0.2, -0.15) is 0 Å². The van der Waals surface area contributed by atoms with Gasteiger partial charge in [0.15, 0.2) is 6.10 Å². The monoisotopic (exact) mass is 352 g/mol. The number of nitrogens with zero attached hydrogens (tertiary/aromatic N) is 1. The summed E-state index contributed by atoms with van der Waals surface area (Å²) in [5.74, 6) is -1.68. The van der Waals surface area contributed by atoms with Gasteiger partial charge in [-0.3, -0.25) is 14.5 Å². The highest BCUT2D eigenvalue weighted by molar-refractivity contribution is 5.98. The molecule has 134 valence electrons. The highest BCUT2D eigenvalue weighted by Gasteiger charge is 2.33. The number of nitrogens with one attached hydrogen (secondary N) is 1. The first-order valence-electron chi connectivity index (χ1n) is 8.47. The number of ether oxygens (including phenoxy) is 1. The van der Waals surface area contributed by atoms with E-state index in [1.807, 2.05) is 60.7 Å². The van der Waals surface area contributed by atoms with Crippen LogP contribution in [-0.4, -0.2) is 42.0 Å². The lowest BCUT2D eigenvalue weighted by molar-refractivity contribution is -0.158. The molecule has 6 heteroatoms. The van der Waals surface area contributed by atoms with Crippen LogP contribution in [0.5, 0.6) is 0 Å². The van der Waals surface area contributed by atoms with Gasteiger partial charge < -0.3 is 10.1 Å². The highest BCUT2D eigenvalue weighted by Crippen LogP contribution is 2.26. The van der Waals surface area contributed by atoms with E-state index >= 15 is 0 Å². The number of imide groups is 1. The molecule has 0 saturated carbocycles. The standard InChI is InChI=1S/C20H20N2O4/c1-14(18(23)22-13-12-21-20(22)25)26-19(24)17(15-8-4-2-5-9-15)16-10-6-3-7-11-16/h2-11,14,17H,12-13H2,1H3,(H,21,25). The van der Waals surface area contributed by atoms with Crippen LogP contribution in [0.4, 0.5) is 4.79 Å². The summed E-state index contributed by atoms with van der Waals surface area (Å²) >= 11 is 0. The normalized spacial score (nSPS) is 14.8. The number of amides is 3. The Balaban J connectivity index is 1.80. The van der Waals surface area contributed by atoms with Crippen molar-refractivity contribution in [2.24, 2.45) is 0 Å². The first kappa shape index (κ1) is 17.7. The SMILES string of the molecule is CC(OC(=O)C(c1ccccc1)c1ccccc1)C(=O)N1CCNC1=O. The van der Waals surface area contributed by atoms with Crippen molar-refractivity contribution in [3.63, 3.8) is 0 Å². The predicted octanol–water partition coefficient (Wildman–Crippen LogP) is 2.30. The second-order valence-corrected chi connectivity index (χ2v) is 6.06. The van der Waals surface area contributed by atoms with Crippen molar-refractivity contribution in [1.29, 1.82) is 0 Å². The van der Waals surface area contributed by atoms with Crippen molar-refractivity contribution in [3.05, 3.63) is 71.8 Å². The Morgan fingerprint density at radius 2 is 1.54 bits per heavy atom. The van der Waals surface area contributed by atoms with Crippen LogP contribution in [0.25, 0.3) is 0 Å². The molecule has 1 saturated heterocycles. The molecule has 6 nitrogen and oxygen atoms in total. The number of urea groups is 1. The Labute approximate surface area is 151 Å². The highest BCUT2D eigenvalue weighted by atomic mass is 16.5. The molecule has 0 aliphatic carbocycles. The molecule has 1 unspecified atom stereocenters. The summed E-state index contributed by atoms with van der Waals surface area (Å²) in [6.45, 7) is 2.17. The molecule has 2 aromatic carbocycles. The average Bonchev–Trinajstić information content (AvgIpc) is 3.09. The Morgan fingerprint density at radius 1 is 1.00 bits per heavy atom. The van der Waals surface area contributed by atoms with E-state index in [2.05, 4.69) is 5.32 Å². The van der Waals surface area contributed by atoms with Gasteiger partial charge in [0.2, 0.25) is 0 Å². The number of rotatable bonds is 5. The van der Waals surface area contributed by atoms with Crippen molar-refractivity contribution in [2.45, 2.75) is 18.9 Å². The molecule has 0 spiro atoms. The lowest BCUT2D eigenvalue weighted by Crippen LogP contribution is -2.42. The fourth-order valence-electron chi connectivity index (χ4n) is 2.95. The van der Waals surface area contributed by atoms with E-state index in [1.54, 1.807) is 0 Å². The topological polar surface area (TPSA) is 75.7 Å². The second kappa shape index (κ2) is 7.82. The van der Waals surface area contributed by atoms with Gasteiger partial charge in [0.05, 0.1) is 0 Å². The lowest BCUT2D eigenvalue weighted by atomic mass is 9.91. The smallest absolute Gasteiger partial charge is 0.324 e. The van der Waals surface area contributed by atoms with Crippen molar-refractivity contribution in [3.8, 4) is 0 Å². The third kappa shape index (κ3) is 3.74. The molecule has 1 aliphatic rings. The Kier molecular flexibility index (Phi) is 5.31. The fourth-order valence-corrected chi connectivity index (χ4v) is 2.95. The third-order valence-corrected chi connectivity index (χ3v) is 4.27. The molecule has 3 amide bonds. The number of carbonyl (C=O) groups is 3. The molecule has 0 radical (unpaired) electrons. The minimum absolute atomic E-state index is 0.278. The summed E-state index contributed by atoms with van der Waals surface area (Å²) in [5.41, 5.74) is 1.56. The number of hydrogen-bond acceptors (Lipinski definition) is 4. The summed E-state index contributed by atoms with van der Waals surface area (Å²) in [5, 5.41) is 2.56. The molecule has 26 heavy (non-hydrogen) atoms. The van der Waals surface area contributed by atoms with Gasteiger partial charge in [0.25, 0.3) is 5.91 Å². The molecule has 1 heterocycles. The van der Waals surface area contributed by atoms with E-state index in [-0.39, 0.29) is 6.54 Å². The Morgan fingerprint density at radius 3 is 2.00 bits per heavy atom. The number of esters is 1.